The SMILES string of the molecule is CN=C(NCCOc1ccc(C)cc1)NCC1CCN(S(=O)(=O)c2ccccc2)CC1. The number of piperidine rings is 1. The van der Waals surface area contributed by atoms with Crippen LogP contribution in [0.4, 0.5) is 0 Å². The zero-order valence-corrected chi connectivity index (χ0v) is 19.1. The molecule has 1 aliphatic rings. The summed E-state index contributed by atoms with van der Waals surface area (Å²) >= 11 is 0. The van der Waals surface area contributed by atoms with Gasteiger partial charge in [-0.2, -0.15) is 4.31 Å². The molecule has 0 radical (unpaired) electrons. The largest absolute Gasteiger partial charge is 0.492 e. The van der Waals surface area contributed by atoms with Gasteiger partial charge in [0.05, 0.1) is 11.4 Å². The Kier molecular flexibility index (Phi) is 8.31. The maximum Gasteiger partial charge on any atom is 0.243 e. The maximum absolute atomic E-state index is 12.7. The van der Waals surface area contributed by atoms with Gasteiger partial charge in [0, 0.05) is 26.7 Å². The van der Waals surface area contributed by atoms with Crippen molar-refractivity contribution in [1.29, 1.82) is 0 Å². The first-order chi connectivity index (χ1) is 15.0. The fourth-order valence-electron chi connectivity index (χ4n) is 3.53. The van der Waals surface area contributed by atoms with Crippen LogP contribution in [0.1, 0.15) is 18.4 Å². The fraction of sp³-hybridized carbons (Fsp3) is 0.435. The number of benzene rings is 2. The van der Waals surface area contributed by atoms with Gasteiger partial charge in [-0.1, -0.05) is 35.9 Å². The summed E-state index contributed by atoms with van der Waals surface area (Å²) in [7, 11) is -1.66. The second kappa shape index (κ2) is 11.2. The van der Waals surface area contributed by atoms with Crippen molar-refractivity contribution in [2.45, 2.75) is 24.7 Å². The van der Waals surface area contributed by atoms with E-state index < -0.39 is 10.0 Å². The third-order valence-electron chi connectivity index (χ3n) is 5.42. The number of sulfonamides is 1. The first-order valence-corrected chi connectivity index (χ1v) is 12.1. The van der Waals surface area contributed by atoms with Crippen LogP contribution < -0.4 is 15.4 Å². The molecule has 0 saturated carbocycles. The number of ether oxygens (including phenoxy) is 1. The second-order valence-electron chi connectivity index (χ2n) is 7.70. The molecule has 1 saturated heterocycles. The van der Waals surface area contributed by atoms with E-state index in [4.69, 9.17) is 4.74 Å². The number of hydrogen-bond acceptors (Lipinski definition) is 4. The number of nitrogens with one attached hydrogen (secondary N) is 2. The van der Waals surface area contributed by atoms with Crippen molar-refractivity contribution in [3.63, 3.8) is 0 Å². The highest BCUT2D eigenvalue weighted by molar-refractivity contribution is 7.89. The lowest BCUT2D eigenvalue weighted by Crippen LogP contribution is -2.44. The van der Waals surface area contributed by atoms with Crippen LogP contribution in [0.3, 0.4) is 0 Å². The van der Waals surface area contributed by atoms with Crippen LogP contribution >= 0.6 is 0 Å². The monoisotopic (exact) mass is 444 g/mol. The van der Waals surface area contributed by atoms with Crippen LogP contribution in [-0.4, -0.2) is 58.5 Å². The lowest BCUT2D eigenvalue weighted by atomic mass is 9.98. The minimum Gasteiger partial charge on any atom is -0.492 e. The summed E-state index contributed by atoms with van der Waals surface area (Å²) in [4.78, 5) is 4.62. The summed E-state index contributed by atoms with van der Waals surface area (Å²) < 4.78 is 32.8. The van der Waals surface area contributed by atoms with E-state index in [1.807, 2.05) is 37.3 Å². The summed E-state index contributed by atoms with van der Waals surface area (Å²) in [5.41, 5.74) is 1.21. The molecule has 1 heterocycles. The molecular formula is C23H32N4O3S. The molecule has 0 unspecified atom stereocenters. The minimum absolute atomic E-state index is 0.365. The number of rotatable bonds is 8. The summed E-state index contributed by atoms with van der Waals surface area (Å²) in [6.45, 7) is 5.07. The highest BCUT2D eigenvalue weighted by atomic mass is 32.2. The lowest BCUT2D eigenvalue weighted by molar-refractivity contribution is 0.273. The van der Waals surface area contributed by atoms with E-state index in [2.05, 4.69) is 15.6 Å². The number of guanidine groups is 1. The van der Waals surface area contributed by atoms with Crippen molar-refractivity contribution in [3.8, 4) is 5.75 Å². The number of aliphatic imine (C=N–C) groups is 1. The third-order valence-corrected chi connectivity index (χ3v) is 7.33. The van der Waals surface area contributed by atoms with E-state index >= 15 is 0 Å². The van der Waals surface area contributed by atoms with Crippen molar-refractivity contribution in [2.75, 3.05) is 39.8 Å². The summed E-state index contributed by atoms with van der Waals surface area (Å²) in [6.07, 6.45) is 1.65. The van der Waals surface area contributed by atoms with Crippen LogP contribution in [0, 0.1) is 12.8 Å². The van der Waals surface area contributed by atoms with Crippen molar-refractivity contribution >= 4 is 16.0 Å². The number of nitrogens with zero attached hydrogens (tertiary/aromatic N) is 2. The zero-order chi connectivity index (χ0) is 22.1. The lowest BCUT2D eigenvalue weighted by Gasteiger charge is -2.31. The molecule has 0 atom stereocenters. The molecule has 3 rings (SSSR count). The smallest absolute Gasteiger partial charge is 0.243 e. The third kappa shape index (κ3) is 6.70. The van der Waals surface area contributed by atoms with Crippen LogP contribution in [-0.2, 0) is 10.0 Å². The second-order valence-corrected chi connectivity index (χ2v) is 9.64. The summed E-state index contributed by atoms with van der Waals surface area (Å²) in [6, 6.07) is 16.6. The van der Waals surface area contributed by atoms with Gasteiger partial charge in [0.2, 0.25) is 10.0 Å². The molecule has 0 aromatic heterocycles. The van der Waals surface area contributed by atoms with Gasteiger partial charge >= 0.3 is 0 Å². The molecule has 0 amide bonds. The van der Waals surface area contributed by atoms with E-state index in [9.17, 15) is 8.42 Å². The average Bonchev–Trinajstić information content (AvgIpc) is 2.80. The first kappa shape index (κ1) is 23.1. The Bertz CT molecular complexity index is 939. The Balaban J connectivity index is 1.36. The molecule has 0 bridgehead atoms. The molecule has 0 aliphatic carbocycles. The van der Waals surface area contributed by atoms with Crippen molar-refractivity contribution < 1.29 is 13.2 Å². The van der Waals surface area contributed by atoms with Crippen molar-refractivity contribution in [2.24, 2.45) is 10.9 Å². The van der Waals surface area contributed by atoms with Crippen molar-refractivity contribution in [1.82, 2.24) is 14.9 Å². The van der Waals surface area contributed by atoms with E-state index in [1.54, 1.807) is 35.6 Å². The molecule has 168 valence electrons. The van der Waals surface area contributed by atoms with Crippen LogP contribution in [0.25, 0.3) is 0 Å². The molecule has 7 nitrogen and oxygen atoms in total. The molecule has 2 aromatic rings. The quantitative estimate of drug-likeness (QED) is 0.372. The zero-order valence-electron chi connectivity index (χ0n) is 18.3. The van der Waals surface area contributed by atoms with E-state index in [0.29, 0.717) is 37.1 Å². The van der Waals surface area contributed by atoms with E-state index in [0.717, 1.165) is 31.1 Å². The Morgan fingerprint density at radius 2 is 1.74 bits per heavy atom. The van der Waals surface area contributed by atoms with Gasteiger partial charge in [0.25, 0.3) is 0 Å². The van der Waals surface area contributed by atoms with E-state index in [1.165, 1.54) is 5.56 Å². The van der Waals surface area contributed by atoms with Gasteiger partial charge in [-0.3, -0.25) is 4.99 Å². The van der Waals surface area contributed by atoms with Crippen LogP contribution in [0.2, 0.25) is 0 Å². The number of aryl methyl sites for hydroxylation is 1. The summed E-state index contributed by atoms with van der Waals surface area (Å²) in [5, 5.41) is 6.60. The average molecular weight is 445 g/mol. The summed E-state index contributed by atoms with van der Waals surface area (Å²) in [5.74, 6) is 1.99. The van der Waals surface area contributed by atoms with Crippen LogP contribution in [0.15, 0.2) is 64.5 Å². The molecule has 8 heteroatoms. The molecule has 1 aliphatic heterocycles. The predicted octanol–water partition coefficient (Wildman–Crippen LogP) is 2.64. The Morgan fingerprint density at radius 3 is 2.39 bits per heavy atom. The molecule has 2 N–H and O–H groups in total. The maximum atomic E-state index is 12.7. The van der Waals surface area contributed by atoms with Gasteiger partial charge < -0.3 is 15.4 Å². The first-order valence-electron chi connectivity index (χ1n) is 10.7. The predicted molar refractivity (Wildman–Crippen MR) is 124 cm³/mol. The standard InChI is InChI=1S/C23H32N4O3S/c1-19-8-10-21(11-9-19)30-17-14-25-23(24-2)26-18-20-12-15-27(16-13-20)31(28,29)22-6-4-3-5-7-22/h3-11,20H,12-18H2,1-2H3,(H2,24,25,26). The van der Waals surface area contributed by atoms with Crippen molar-refractivity contribution in [3.05, 3.63) is 60.2 Å². The fourth-order valence-corrected chi connectivity index (χ4v) is 5.02. The van der Waals surface area contributed by atoms with Crippen LogP contribution in [0.5, 0.6) is 5.75 Å². The Morgan fingerprint density at radius 1 is 1.06 bits per heavy atom. The Labute approximate surface area is 185 Å². The number of hydrogen-bond donors (Lipinski definition) is 2. The van der Waals surface area contributed by atoms with Gasteiger partial charge in [0.15, 0.2) is 5.96 Å². The van der Waals surface area contributed by atoms with Gasteiger partial charge in [-0.15, -0.1) is 0 Å². The molecule has 1 fully saturated rings. The van der Waals surface area contributed by atoms with Gasteiger partial charge in [-0.05, 0) is 49.9 Å². The topological polar surface area (TPSA) is 83.0 Å². The van der Waals surface area contributed by atoms with Gasteiger partial charge in [0.1, 0.15) is 12.4 Å². The molecule has 2 aromatic carbocycles. The minimum atomic E-state index is -3.40. The highest BCUT2D eigenvalue weighted by Gasteiger charge is 2.29. The molecule has 0 spiro atoms. The highest BCUT2D eigenvalue weighted by Crippen LogP contribution is 2.23. The molecule has 31 heavy (non-hydrogen) atoms. The Hall–Kier alpha value is -2.58. The van der Waals surface area contributed by atoms with E-state index in [-0.39, 0.29) is 0 Å². The van der Waals surface area contributed by atoms with Gasteiger partial charge in [-0.25, -0.2) is 8.42 Å². The molecular weight excluding hydrogens is 412 g/mol. The normalized spacial score (nSPS) is 16.1.